The van der Waals surface area contributed by atoms with Gasteiger partial charge in [0.2, 0.25) is 11.9 Å². The molecule has 122 valence electrons. The standard InChI is InChI=1S/C16H22N6O/c23-15(11-6-7-12-9-18-20-14(12)8-11)19-16-17-10-22(21-16)13-4-2-1-3-5-13/h9-11,13H,1-8H2,(H,18,20)(H,19,21,23). The van der Waals surface area contributed by atoms with Crippen LogP contribution in [-0.2, 0) is 17.6 Å². The van der Waals surface area contributed by atoms with E-state index in [1.54, 1.807) is 6.33 Å². The fourth-order valence-corrected chi connectivity index (χ4v) is 3.70. The van der Waals surface area contributed by atoms with E-state index in [-0.39, 0.29) is 11.8 Å². The summed E-state index contributed by atoms with van der Waals surface area (Å²) >= 11 is 0. The zero-order chi connectivity index (χ0) is 15.6. The van der Waals surface area contributed by atoms with Gasteiger partial charge in [-0.15, -0.1) is 5.10 Å². The smallest absolute Gasteiger partial charge is 0.248 e. The highest BCUT2D eigenvalue weighted by atomic mass is 16.2. The van der Waals surface area contributed by atoms with Crippen LogP contribution in [0.25, 0.3) is 0 Å². The molecule has 0 bridgehead atoms. The highest BCUT2D eigenvalue weighted by Gasteiger charge is 2.27. The number of aromatic nitrogens is 5. The van der Waals surface area contributed by atoms with Crippen molar-refractivity contribution in [3.63, 3.8) is 0 Å². The summed E-state index contributed by atoms with van der Waals surface area (Å²) < 4.78 is 1.92. The van der Waals surface area contributed by atoms with E-state index in [1.165, 1.54) is 24.8 Å². The zero-order valence-corrected chi connectivity index (χ0v) is 13.2. The van der Waals surface area contributed by atoms with Gasteiger partial charge in [-0.05, 0) is 31.2 Å². The van der Waals surface area contributed by atoms with E-state index in [0.29, 0.717) is 18.4 Å². The predicted octanol–water partition coefficient (Wildman–Crippen LogP) is 2.25. The fraction of sp³-hybridized carbons (Fsp3) is 0.625. The first-order valence-electron chi connectivity index (χ1n) is 8.53. The van der Waals surface area contributed by atoms with Gasteiger partial charge in [-0.3, -0.25) is 15.2 Å². The summed E-state index contributed by atoms with van der Waals surface area (Å²) in [4.78, 5) is 16.7. The molecule has 1 unspecified atom stereocenters. The minimum absolute atomic E-state index is 0.00615. The van der Waals surface area contributed by atoms with Gasteiger partial charge < -0.3 is 0 Å². The predicted molar refractivity (Wildman–Crippen MR) is 84.9 cm³/mol. The number of carbonyl (C=O) groups excluding carboxylic acids is 1. The number of nitrogens with zero attached hydrogens (tertiary/aromatic N) is 4. The second kappa shape index (κ2) is 6.14. The second-order valence-corrected chi connectivity index (χ2v) is 6.64. The van der Waals surface area contributed by atoms with Crippen LogP contribution >= 0.6 is 0 Å². The van der Waals surface area contributed by atoms with Crippen LogP contribution in [0.5, 0.6) is 0 Å². The van der Waals surface area contributed by atoms with Crippen LogP contribution in [0, 0.1) is 5.92 Å². The topological polar surface area (TPSA) is 88.5 Å². The van der Waals surface area contributed by atoms with Crippen molar-refractivity contribution in [1.82, 2.24) is 25.0 Å². The summed E-state index contributed by atoms with van der Waals surface area (Å²) in [5.74, 6) is 0.396. The quantitative estimate of drug-likeness (QED) is 0.909. The van der Waals surface area contributed by atoms with Crippen LogP contribution < -0.4 is 5.32 Å². The summed E-state index contributed by atoms with van der Waals surface area (Å²) in [7, 11) is 0. The van der Waals surface area contributed by atoms with E-state index >= 15 is 0 Å². The minimum Gasteiger partial charge on any atom is -0.293 e. The van der Waals surface area contributed by atoms with Gasteiger partial charge in [0, 0.05) is 18.0 Å². The third-order valence-corrected chi connectivity index (χ3v) is 5.08. The highest BCUT2D eigenvalue weighted by Crippen LogP contribution is 2.28. The molecule has 2 N–H and O–H groups in total. The van der Waals surface area contributed by atoms with Gasteiger partial charge in [0.05, 0.1) is 12.2 Å². The van der Waals surface area contributed by atoms with Gasteiger partial charge in [0.15, 0.2) is 0 Å². The number of H-pyrrole nitrogens is 1. The Bertz CT molecular complexity index is 684. The summed E-state index contributed by atoms with van der Waals surface area (Å²) in [5, 5.41) is 14.4. The van der Waals surface area contributed by atoms with Gasteiger partial charge in [-0.1, -0.05) is 19.3 Å². The Morgan fingerprint density at radius 3 is 3.00 bits per heavy atom. The van der Waals surface area contributed by atoms with Crippen molar-refractivity contribution in [2.45, 2.75) is 57.4 Å². The molecule has 7 heteroatoms. The number of rotatable bonds is 3. The second-order valence-electron chi connectivity index (χ2n) is 6.64. The lowest BCUT2D eigenvalue weighted by Gasteiger charge is -2.21. The van der Waals surface area contributed by atoms with E-state index in [4.69, 9.17) is 0 Å². The van der Waals surface area contributed by atoms with E-state index in [0.717, 1.165) is 31.4 Å². The van der Waals surface area contributed by atoms with Crippen molar-refractivity contribution >= 4 is 11.9 Å². The number of hydrogen-bond acceptors (Lipinski definition) is 4. The van der Waals surface area contributed by atoms with Crippen molar-refractivity contribution in [2.75, 3.05) is 5.32 Å². The molecule has 1 saturated carbocycles. The first kappa shape index (κ1) is 14.4. The normalized spacial score (nSPS) is 21.8. The van der Waals surface area contributed by atoms with Gasteiger partial charge in [0.25, 0.3) is 0 Å². The zero-order valence-electron chi connectivity index (χ0n) is 13.2. The largest absolute Gasteiger partial charge is 0.293 e. The molecule has 2 aromatic rings. The van der Waals surface area contributed by atoms with Gasteiger partial charge in [-0.2, -0.15) is 5.10 Å². The molecule has 0 radical (unpaired) electrons. The molecule has 2 aromatic heterocycles. The maximum Gasteiger partial charge on any atom is 0.248 e. The van der Waals surface area contributed by atoms with E-state index in [2.05, 4.69) is 25.6 Å². The molecular formula is C16H22N6O. The Labute approximate surface area is 134 Å². The molecule has 0 saturated heterocycles. The average molecular weight is 314 g/mol. The van der Waals surface area contributed by atoms with Crippen LogP contribution in [0.2, 0.25) is 0 Å². The molecule has 4 rings (SSSR count). The van der Waals surface area contributed by atoms with E-state index in [9.17, 15) is 4.79 Å². The Balaban J connectivity index is 1.38. The molecule has 2 aliphatic carbocycles. The molecule has 7 nitrogen and oxygen atoms in total. The third kappa shape index (κ3) is 3.00. The fourth-order valence-electron chi connectivity index (χ4n) is 3.70. The maximum absolute atomic E-state index is 12.5. The molecule has 0 aliphatic heterocycles. The van der Waals surface area contributed by atoms with Crippen LogP contribution in [0.3, 0.4) is 0 Å². The van der Waals surface area contributed by atoms with Gasteiger partial charge in [-0.25, -0.2) is 9.67 Å². The van der Waals surface area contributed by atoms with E-state index in [1.807, 2.05) is 10.9 Å². The van der Waals surface area contributed by atoms with Gasteiger partial charge in [0.1, 0.15) is 6.33 Å². The van der Waals surface area contributed by atoms with Crippen LogP contribution in [0.1, 0.15) is 55.8 Å². The maximum atomic E-state index is 12.5. The Morgan fingerprint density at radius 1 is 1.26 bits per heavy atom. The van der Waals surface area contributed by atoms with Gasteiger partial charge >= 0.3 is 0 Å². The number of nitrogens with one attached hydrogen (secondary N) is 2. The number of aromatic amines is 1. The lowest BCUT2D eigenvalue weighted by Crippen LogP contribution is -2.28. The van der Waals surface area contributed by atoms with Crippen LogP contribution in [0.15, 0.2) is 12.5 Å². The number of anilines is 1. The van der Waals surface area contributed by atoms with E-state index < -0.39 is 0 Å². The average Bonchev–Trinajstić information content (AvgIpc) is 3.24. The minimum atomic E-state index is -0.0374. The Morgan fingerprint density at radius 2 is 2.13 bits per heavy atom. The first-order chi connectivity index (χ1) is 11.3. The third-order valence-electron chi connectivity index (χ3n) is 5.08. The van der Waals surface area contributed by atoms with Crippen molar-refractivity contribution in [1.29, 1.82) is 0 Å². The SMILES string of the molecule is O=C(Nc1ncn(C2CCCCC2)n1)C1CCc2cn[nH]c2C1. The molecule has 0 aromatic carbocycles. The number of carbonyl (C=O) groups is 1. The Hall–Kier alpha value is -2.18. The molecular weight excluding hydrogens is 292 g/mol. The monoisotopic (exact) mass is 314 g/mol. The Kier molecular flexibility index (Phi) is 3.85. The summed E-state index contributed by atoms with van der Waals surface area (Å²) in [5.41, 5.74) is 2.31. The van der Waals surface area contributed by atoms with Crippen molar-refractivity contribution in [2.24, 2.45) is 5.92 Å². The molecule has 2 heterocycles. The highest BCUT2D eigenvalue weighted by molar-refractivity contribution is 5.91. The molecule has 0 spiro atoms. The van der Waals surface area contributed by atoms with Crippen molar-refractivity contribution < 1.29 is 4.79 Å². The number of aryl methyl sites for hydroxylation is 1. The lowest BCUT2D eigenvalue weighted by molar-refractivity contribution is -0.120. The number of amides is 1. The van der Waals surface area contributed by atoms with Crippen LogP contribution in [-0.4, -0.2) is 30.9 Å². The summed E-state index contributed by atoms with van der Waals surface area (Å²) in [6.07, 6.45) is 12.2. The lowest BCUT2D eigenvalue weighted by atomic mass is 9.87. The van der Waals surface area contributed by atoms with Crippen LogP contribution in [0.4, 0.5) is 5.95 Å². The summed E-state index contributed by atoms with van der Waals surface area (Å²) in [6, 6.07) is 0.434. The first-order valence-corrected chi connectivity index (χ1v) is 8.53. The molecule has 1 amide bonds. The summed E-state index contributed by atoms with van der Waals surface area (Å²) in [6.45, 7) is 0. The number of hydrogen-bond donors (Lipinski definition) is 2. The van der Waals surface area contributed by atoms with Crippen molar-refractivity contribution in [3.05, 3.63) is 23.8 Å². The molecule has 2 aliphatic rings. The molecule has 1 atom stereocenters. The molecule has 1 fully saturated rings. The number of fused-ring (bicyclic) bond motifs is 1. The van der Waals surface area contributed by atoms with Crippen molar-refractivity contribution in [3.8, 4) is 0 Å². The molecule has 23 heavy (non-hydrogen) atoms.